The van der Waals surface area contributed by atoms with E-state index in [1.807, 2.05) is 0 Å². The molecule has 1 unspecified atom stereocenters. The number of ether oxygens (including phenoxy) is 1. The number of amides is 1. The maximum atomic E-state index is 10.8. The first-order valence-corrected chi connectivity index (χ1v) is 5.09. The number of carbonyl (C=O) groups excluding carboxylic acids is 2. The molecule has 0 saturated heterocycles. The highest BCUT2D eigenvalue weighted by atomic mass is 35.5. The first kappa shape index (κ1) is 12.5. The predicted molar refractivity (Wildman–Crippen MR) is 60.7 cm³/mol. The van der Waals surface area contributed by atoms with Crippen LogP contribution in [0, 0.1) is 5.92 Å². The van der Waals surface area contributed by atoms with Crippen molar-refractivity contribution in [1.29, 1.82) is 0 Å². The molecule has 0 aliphatic heterocycles. The van der Waals surface area contributed by atoms with E-state index in [4.69, 9.17) is 22.1 Å². The zero-order chi connectivity index (χ0) is 12.1. The van der Waals surface area contributed by atoms with Crippen LogP contribution in [0.4, 0.5) is 0 Å². The van der Waals surface area contributed by atoms with Gasteiger partial charge in [0.2, 0.25) is 5.91 Å². The fraction of sp³-hybridized carbons (Fsp3) is 0.273. The predicted octanol–water partition coefficient (Wildman–Crippen LogP) is 1.65. The molecule has 0 spiro atoms. The fourth-order valence-corrected chi connectivity index (χ4v) is 1.25. The number of nitrogens with two attached hydrogens (primary N) is 1. The lowest BCUT2D eigenvalue weighted by atomic mass is 10.2. The Bertz CT molecular complexity index is 406. The van der Waals surface area contributed by atoms with Gasteiger partial charge in [0, 0.05) is 5.56 Å². The highest BCUT2D eigenvalue weighted by Gasteiger charge is 2.10. The molecule has 0 aromatic heterocycles. The number of carbonyl (C=O) groups is 2. The largest absolute Gasteiger partial charge is 0.491 e. The summed E-state index contributed by atoms with van der Waals surface area (Å²) in [7, 11) is 0. The molecule has 0 saturated carbocycles. The van der Waals surface area contributed by atoms with E-state index < -0.39 is 5.91 Å². The minimum Gasteiger partial charge on any atom is -0.491 e. The molecule has 1 rings (SSSR count). The molecular formula is C11H12ClNO3. The maximum absolute atomic E-state index is 10.8. The van der Waals surface area contributed by atoms with E-state index in [0.29, 0.717) is 22.6 Å². The van der Waals surface area contributed by atoms with Gasteiger partial charge in [-0.25, -0.2) is 0 Å². The number of hydrogen-bond acceptors (Lipinski definition) is 3. The summed E-state index contributed by atoms with van der Waals surface area (Å²) in [5, 5.41) is 0.335. The van der Waals surface area contributed by atoms with Gasteiger partial charge in [0.05, 0.1) is 17.5 Å². The highest BCUT2D eigenvalue weighted by molar-refractivity contribution is 6.32. The molecule has 1 aromatic rings. The summed E-state index contributed by atoms with van der Waals surface area (Å²) in [6, 6.07) is 4.67. The molecule has 0 radical (unpaired) electrons. The summed E-state index contributed by atoms with van der Waals surface area (Å²) in [4.78, 5) is 21.2. The van der Waals surface area contributed by atoms with Gasteiger partial charge in [0.15, 0.2) is 0 Å². The topological polar surface area (TPSA) is 69.4 Å². The molecule has 0 heterocycles. The minimum absolute atomic E-state index is 0.162. The maximum Gasteiger partial charge on any atom is 0.223 e. The molecule has 0 aliphatic carbocycles. The first-order valence-electron chi connectivity index (χ1n) is 4.71. The van der Waals surface area contributed by atoms with E-state index in [0.717, 1.165) is 0 Å². The third-order valence-corrected chi connectivity index (χ3v) is 2.36. The van der Waals surface area contributed by atoms with Crippen LogP contribution in [0.5, 0.6) is 5.75 Å². The van der Waals surface area contributed by atoms with Gasteiger partial charge in [0.1, 0.15) is 12.0 Å². The van der Waals surface area contributed by atoms with E-state index in [-0.39, 0.29) is 12.5 Å². The smallest absolute Gasteiger partial charge is 0.223 e. The second kappa shape index (κ2) is 5.51. The Balaban J connectivity index is 2.68. The molecule has 0 aliphatic rings. The van der Waals surface area contributed by atoms with Crippen LogP contribution >= 0.6 is 11.6 Å². The monoisotopic (exact) mass is 241 g/mol. The Morgan fingerprint density at radius 2 is 2.31 bits per heavy atom. The molecule has 0 fully saturated rings. The Morgan fingerprint density at radius 1 is 1.62 bits per heavy atom. The zero-order valence-electron chi connectivity index (χ0n) is 8.77. The molecule has 1 amide bonds. The van der Waals surface area contributed by atoms with E-state index in [9.17, 15) is 9.59 Å². The van der Waals surface area contributed by atoms with Crippen LogP contribution in [0.2, 0.25) is 5.02 Å². The lowest BCUT2D eigenvalue weighted by molar-refractivity contribution is -0.122. The number of primary amides is 1. The van der Waals surface area contributed by atoms with Gasteiger partial charge in [-0.1, -0.05) is 18.5 Å². The zero-order valence-corrected chi connectivity index (χ0v) is 9.53. The molecule has 0 bridgehead atoms. The second-order valence-electron chi connectivity index (χ2n) is 3.42. The molecule has 1 atom stereocenters. The SMILES string of the molecule is CC(COc1ccc(C=O)cc1Cl)C(N)=O. The normalized spacial score (nSPS) is 11.9. The molecule has 1 aromatic carbocycles. The molecule has 5 heteroatoms. The molecule has 4 nitrogen and oxygen atoms in total. The molecule has 16 heavy (non-hydrogen) atoms. The summed E-state index contributed by atoms with van der Waals surface area (Å²) < 4.78 is 5.31. The number of rotatable bonds is 5. The summed E-state index contributed by atoms with van der Waals surface area (Å²) in [5.74, 6) is -0.386. The summed E-state index contributed by atoms with van der Waals surface area (Å²) in [6.07, 6.45) is 0.696. The average Bonchev–Trinajstić information content (AvgIpc) is 2.26. The van der Waals surface area contributed by atoms with Crippen LogP contribution in [-0.4, -0.2) is 18.8 Å². The van der Waals surface area contributed by atoms with Crippen molar-refractivity contribution >= 4 is 23.8 Å². The Hall–Kier alpha value is -1.55. The Labute approximate surface area is 98.3 Å². The average molecular weight is 242 g/mol. The van der Waals surface area contributed by atoms with E-state index >= 15 is 0 Å². The van der Waals surface area contributed by atoms with Crippen molar-refractivity contribution in [3.63, 3.8) is 0 Å². The molecular weight excluding hydrogens is 230 g/mol. The lowest BCUT2D eigenvalue weighted by Gasteiger charge is -2.11. The third kappa shape index (κ3) is 3.24. The van der Waals surface area contributed by atoms with Gasteiger partial charge >= 0.3 is 0 Å². The number of aldehydes is 1. The third-order valence-electron chi connectivity index (χ3n) is 2.07. The molecule has 2 N–H and O–H groups in total. The van der Waals surface area contributed by atoms with Gasteiger partial charge in [-0.2, -0.15) is 0 Å². The summed E-state index contributed by atoms with van der Waals surface area (Å²) >= 11 is 5.87. The van der Waals surface area contributed by atoms with Crippen LogP contribution in [0.15, 0.2) is 18.2 Å². The quantitative estimate of drug-likeness (QED) is 0.797. The van der Waals surface area contributed by atoms with Crippen LogP contribution < -0.4 is 10.5 Å². The number of benzene rings is 1. The fourth-order valence-electron chi connectivity index (χ4n) is 1.00. The summed E-state index contributed by atoms with van der Waals surface area (Å²) in [6.45, 7) is 1.82. The molecule has 86 valence electrons. The highest BCUT2D eigenvalue weighted by Crippen LogP contribution is 2.25. The van der Waals surface area contributed by atoms with Gasteiger partial charge in [-0.15, -0.1) is 0 Å². The second-order valence-corrected chi connectivity index (χ2v) is 3.83. The van der Waals surface area contributed by atoms with Crippen molar-refractivity contribution in [1.82, 2.24) is 0 Å². The lowest BCUT2D eigenvalue weighted by Crippen LogP contribution is -2.25. The van der Waals surface area contributed by atoms with E-state index in [1.165, 1.54) is 6.07 Å². The van der Waals surface area contributed by atoms with Crippen LogP contribution in [0.3, 0.4) is 0 Å². The standard InChI is InChI=1S/C11H12ClNO3/c1-7(11(13)15)6-16-10-3-2-8(5-14)4-9(10)12/h2-5,7H,6H2,1H3,(H2,13,15). The van der Waals surface area contributed by atoms with Crippen molar-refractivity contribution < 1.29 is 14.3 Å². The first-order chi connectivity index (χ1) is 7.54. The van der Waals surface area contributed by atoms with Crippen molar-refractivity contribution in [2.24, 2.45) is 11.7 Å². The minimum atomic E-state index is -0.430. The van der Waals surface area contributed by atoms with Gasteiger partial charge in [-0.3, -0.25) is 9.59 Å². The van der Waals surface area contributed by atoms with E-state index in [2.05, 4.69) is 0 Å². The van der Waals surface area contributed by atoms with Gasteiger partial charge < -0.3 is 10.5 Å². The van der Waals surface area contributed by atoms with E-state index in [1.54, 1.807) is 19.1 Å². The number of halogens is 1. The van der Waals surface area contributed by atoms with Crippen LogP contribution in [-0.2, 0) is 4.79 Å². The van der Waals surface area contributed by atoms with Crippen molar-refractivity contribution in [3.8, 4) is 5.75 Å². The van der Waals surface area contributed by atoms with Crippen LogP contribution in [0.1, 0.15) is 17.3 Å². The van der Waals surface area contributed by atoms with Crippen molar-refractivity contribution in [3.05, 3.63) is 28.8 Å². The van der Waals surface area contributed by atoms with Crippen LogP contribution in [0.25, 0.3) is 0 Å². The van der Waals surface area contributed by atoms with Gasteiger partial charge in [-0.05, 0) is 18.2 Å². The Morgan fingerprint density at radius 3 is 2.81 bits per heavy atom. The Kier molecular flexibility index (Phi) is 4.31. The van der Waals surface area contributed by atoms with Crippen molar-refractivity contribution in [2.45, 2.75) is 6.92 Å². The van der Waals surface area contributed by atoms with Gasteiger partial charge in [0.25, 0.3) is 0 Å². The summed E-state index contributed by atoms with van der Waals surface area (Å²) in [5.41, 5.74) is 5.56. The number of hydrogen-bond donors (Lipinski definition) is 1. The van der Waals surface area contributed by atoms with Crippen molar-refractivity contribution in [2.75, 3.05) is 6.61 Å².